The average molecular weight is 279 g/mol. The van der Waals surface area contributed by atoms with Crippen LogP contribution in [-0.2, 0) is 16.0 Å². The van der Waals surface area contributed by atoms with E-state index in [-0.39, 0.29) is 18.7 Å². The fourth-order valence-corrected chi connectivity index (χ4v) is 2.02. The second kappa shape index (κ2) is 6.27. The number of hydrogen-bond donors (Lipinski definition) is 2. The van der Waals surface area contributed by atoms with Gasteiger partial charge in [-0.1, -0.05) is 6.07 Å². The first-order valence-corrected chi connectivity index (χ1v) is 6.44. The number of nitrogens with one attached hydrogen (secondary N) is 1. The first-order chi connectivity index (χ1) is 9.54. The molecule has 0 saturated carbocycles. The van der Waals surface area contributed by atoms with Gasteiger partial charge in [0.2, 0.25) is 5.91 Å². The summed E-state index contributed by atoms with van der Waals surface area (Å²) in [5, 5.41) is 11.3. The van der Waals surface area contributed by atoms with Crippen LogP contribution in [0.15, 0.2) is 18.2 Å². The Morgan fingerprint density at radius 1 is 1.30 bits per heavy atom. The molecular formula is C14H17NO5. The second-order valence-electron chi connectivity index (χ2n) is 4.72. The highest BCUT2D eigenvalue weighted by molar-refractivity contribution is 5.79. The second-order valence-corrected chi connectivity index (χ2v) is 4.72. The molecule has 2 N–H and O–H groups in total. The Kier molecular flexibility index (Phi) is 4.45. The van der Waals surface area contributed by atoms with Crippen LogP contribution in [0.3, 0.4) is 0 Å². The molecule has 1 heterocycles. The summed E-state index contributed by atoms with van der Waals surface area (Å²) < 4.78 is 10.8. The van der Waals surface area contributed by atoms with E-state index in [1.54, 1.807) is 25.1 Å². The molecule has 6 nitrogen and oxygen atoms in total. The zero-order valence-electron chi connectivity index (χ0n) is 11.2. The van der Waals surface area contributed by atoms with E-state index in [2.05, 4.69) is 5.32 Å². The summed E-state index contributed by atoms with van der Waals surface area (Å²) in [5.41, 5.74) is 0.800. The average Bonchev–Trinajstić information content (AvgIpc) is 2.37. The molecule has 1 aliphatic rings. The first kappa shape index (κ1) is 14.2. The number of amides is 1. The Labute approximate surface area is 116 Å². The van der Waals surface area contributed by atoms with Crippen LogP contribution < -0.4 is 14.8 Å². The molecule has 0 radical (unpaired) electrons. The van der Waals surface area contributed by atoms with Gasteiger partial charge in [-0.15, -0.1) is 0 Å². The summed E-state index contributed by atoms with van der Waals surface area (Å²) in [5.74, 6) is 0.173. The third-order valence-corrected chi connectivity index (χ3v) is 2.86. The Balaban J connectivity index is 1.92. The summed E-state index contributed by atoms with van der Waals surface area (Å²) >= 11 is 0. The minimum atomic E-state index is -0.933. The van der Waals surface area contributed by atoms with Crippen molar-refractivity contribution in [1.29, 1.82) is 0 Å². The van der Waals surface area contributed by atoms with Gasteiger partial charge in [-0.3, -0.25) is 9.59 Å². The monoisotopic (exact) mass is 279 g/mol. The van der Waals surface area contributed by atoms with E-state index >= 15 is 0 Å². The highest BCUT2D eigenvalue weighted by Crippen LogP contribution is 2.30. The lowest BCUT2D eigenvalue weighted by Crippen LogP contribution is -2.35. The van der Waals surface area contributed by atoms with Crippen LogP contribution in [0.5, 0.6) is 11.5 Å². The van der Waals surface area contributed by atoms with Crippen LogP contribution in [-0.4, -0.2) is 36.2 Å². The van der Waals surface area contributed by atoms with Gasteiger partial charge in [0.15, 0.2) is 11.5 Å². The van der Waals surface area contributed by atoms with E-state index in [4.69, 9.17) is 14.6 Å². The minimum Gasteiger partial charge on any atom is -0.486 e. The third-order valence-electron chi connectivity index (χ3n) is 2.86. The predicted octanol–water partition coefficient (Wildman–Crippen LogP) is 0.980. The molecular weight excluding hydrogens is 262 g/mol. The highest BCUT2D eigenvalue weighted by atomic mass is 16.6. The molecule has 108 valence electrons. The molecule has 0 saturated heterocycles. The number of carboxylic acids is 1. The van der Waals surface area contributed by atoms with E-state index in [1.807, 2.05) is 0 Å². The van der Waals surface area contributed by atoms with Gasteiger partial charge in [0, 0.05) is 6.04 Å². The molecule has 0 spiro atoms. The number of ether oxygens (including phenoxy) is 2. The fourth-order valence-electron chi connectivity index (χ4n) is 2.02. The van der Waals surface area contributed by atoms with Crippen LogP contribution in [0, 0.1) is 0 Å². The van der Waals surface area contributed by atoms with Gasteiger partial charge in [-0.25, -0.2) is 0 Å². The largest absolute Gasteiger partial charge is 0.486 e. The van der Waals surface area contributed by atoms with Crippen molar-refractivity contribution in [2.75, 3.05) is 13.2 Å². The van der Waals surface area contributed by atoms with E-state index in [1.165, 1.54) is 0 Å². The zero-order valence-corrected chi connectivity index (χ0v) is 11.2. The minimum absolute atomic E-state index is 0.0904. The van der Waals surface area contributed by atoms with Gasteiger partial charge in [-0.2, -0.15) is 0 Å². The van der Waals surface area contributed by atoms with Crippen LogP contribution in [0.1, 0.15) is 18.9 Å². The number of hydrogen-bond acceptors (Lipinski definition) is 4. The smallest absolute Gasteiger partial charge is 0.305 e. The number of rotatable bonds is 5. The van der Waals surface area contributed by atoms with Crippen LogP contribution >= 0.6 is 0 Å². The molecule has 1 aliphatic heterocycles. The molecule has 1 amide bonds. The first-order valence-electron chi connectivity index (χ1n) is 6.44. The maximum atomic E-state index is 11.8. The molecule has 1 aromatic carbocycles. The quantitative estimate of drug-likeness (QED) is 0.839. The van der Waals surface area contributed by atoms with E-state index in [0.29, 0.717) is 24.7 Å². The maximum absolute atomic E-state index is 11.8. The van der Waals surface area contributed by atoms with E-state index in [9.17, 15) is 9.59 Å². The Bertz CT molecular complexity index is 514. The molecule has 1 aromatic rings. The summed E-state index contributed by atoms with van der Waals surface area (Å²) in [6, 6.07) is 4.96. The topological polar surface area (TPSA) is 84.9 Å². The van der Waals surface area contributed by atoms with Gasteiger partial charge < -0.3 is 19.9 Å². The number of carboxylic acid groups (broad SMARTS) is 1. The summed E-state index contributed by atoms with van der Waals surface area (Å²) in [4.78, 5) is 22.3. The Hall–Kier alpha value is -2.24. The van der Waals surface area contributed by atoms with Crippen molar-refractivity contribution in [3.8, 4) is 11.5 Å². The van der Waals surface area contributed by atoms with Crippen molar-refractivity contribution in [2.24, 2.45) is 0 Å². The van der Waals surface area contributed by atoms with Gasteiger partial charge in [0.05, 0.1) is 12.8 Å². The van der Waals surface area contributed by atoms with Crippen molar-refractivity contribution in [3.63, 3.8) is 0 Å². The molecule has 2 rings (SSSR count). The Morgan fingerprint density at radius 2 is 2.00 bits per heavy atom. The van der Waals surface area contributed by atoms with Crippen molar-refractivity contribution in [2.45, 2.75) is 25.8 Å². The van der Waals surface area contributed by atoms with Crippen LogP contribution in [0.2, 0.25) is 0 Å². The molecule has 20 heavy (non-hydrogen) atoms. The van der Waals surface area contributed by atoms with Gasteiger partial charge in [-0.05, 0) is 24.6 Å². The molecule has 6 heteroatoms. The highest BCUT2D eigenvalue weighted by Gasteiger charge is 2.15. The number of carbonyl (C=O) groups excluding carboxylic acids is 1. The number of aliphatic carboxylic acids is 1. The molecule has 1 unspecified atom stereocenters. The summed E-state index contributed by atoms with van der Waals surface area (Å²) in [6.07, 6.45) is 0.0908. The molecule has 1 atom stereocenters. The van der Waals surface area contributed by atoms with Crippen molar-refractivity contribution in [1.82, 2.24) is 5.32 Å². The fraction of sp³-hybridized carbons (Fsp3) is 0.429. The van der Waals surface area contributed by atoms with Gasteiger partial charge in [0.1, 0.15) is 13.2 Å². The lowest BCUT2D eigenvalue weighted by Gasteiger charge is -2.19. The normalized spacial score (nSPS) is 14.4. The zero-order chi connectivity index (χ0) is 14.5. The number of benzene rings is 1. The summed E-state index contributed by atoms with van der Waals surface area (Å²) in [6.45, 7) is 2.69. The van der Waals surface area contributed by atoms with Crippen molar-refractivity contribution in [3.05, 3.63) is 23.8 Å². The number of fused-ring (bicyclic) bond motifs is 1. The van der Waals surface area contributed by atoms with Crippen LogP contribution in [0.4, 0.5) is 0 Å². The van der Waals surface area contributed by atoms with Gasteiger partial charge in [0.25, 0.3) is 0 Å². The van der Waals surface area contributed by atoms with Gasteiger partial charge >= 0.3 is 5.97 Å². The number of carbonyl (C=O) groups is 2. The SMILES string of the molecule is CC(CC(=O)O)NC(=O)Cc1ccc2c(c1)OCCO2. The molecule has 0 aromatic heterocycles. The summed E-state index contributed by atoms with van der Waals surface area (Å²) in [7, 11) is 0. The van der Waals surface area contributed by atoms with Crippen molar-refractivity contribution < 1.29 is 24.2 Å². The lowest BCUT2D eigenvalue weighted by molar-refractivity contribution is -0.137. The molecule has 0 bridgehead atoms. The van der Waals surface area contributed by atoms with E-state index < -0.39 is 12.0 Å². The maximum Gasteiger partial charge on any atom is 0.305 e. The Morgan fingerprint density at radius 3 is 2.70 bits per heavy atom. The third kappa shape index (κ3) is 3.88. The van der Waals surface area contributed by atoms with Crippen molar-refractivity contribution >= 4 is 11.9 Å². The predicted molar refractivity (Wildman–Crippen MR) is 71.0 cm³/mol. The molecule has 0 aliphatic carbocycles. The standard InChI is InChI=1S/C14H17NO5/c1-9(6-14(17)18)15-13(16)8-10-2-3-11-12(7-10)20-5-4-19-11/h2-3,7,9H,4-6,8H2,1H3,(H,15,16)(H,17,18). The molecule has 0 fully saturated rings. The lowest BCUT2D eigenvalue weighted by atomic mass is 10.1. The van der Waals surface area contributed by atoms with E-state index in [0.717, 1.165) is 5.56 Å². The van der Waals surface area contributed by atoms with Crippen LogP contribution in [0.25, 0.3) is 0 Å².